The first-order valence-electron chi connectivity index (χ1n) is 8.62. The normalized spacial score (nSPS) is 17.1. The van der Waals surface area contributed by atoms with Gasteiger partial charge in [-0.05, 0) is 19.1 Å². The van der Waals surface area contributed by atoms with Crippen molar-refractivity contribution in [1.82, 2.24) is 15.1 Å². The Hall–Kier alpha value is -1.44. The van der Waals surface area contributed by atoms with Gasteiger partial charge in [0.15, 0.2) is 5.96 Å². The van der Waals surface area contributed by atoms with Crippen molar-refractivity contribution in [1.29, 1.82) is 0 Å². The van der Waals surface area contributed by atoms with Gasteiger partial charge in [0.1, 0.15) is 17.6 Å². The second kappa shape index (κ2) is 11.1. The Bertz CT molecular complexity index is 680. The molecule has 166 valence electrons. The van der Waals surface area contributed by atoms with E-state index in [0.717, 1.165) is 13.0 Å². The number of hydrogen-bond acceptors (Lipinski definition) is 3. The van der Waals surface area contributed by atoms with Crippen molar-refractivity contribution in [3.05, 3.63) is 29.6 Å². The van der Waals surface area contributed by atoms with Crippen LogP contribution in [-0.2, 0) is 6.54 Å². The molecule has 0 bridgehead atoms. The van der Waals surface area contributed by atoms with Crippen LogP contribution in [0.1, 0.15) is 12.5 Å². The average molecular weight is 540 g/mol. The van der Waals surface area contributed by atoms with Crippen molar-refractivity contribution in [3.63, 3.8) is 0 Å². The van der Waals surface area contributed by atoms with Gasteiger partial charge in [0.25, 0.3) is 0 Å². The van der Waals surface area contributed by atoms with Crippen molar-refractivity contribution in [3.8, 4) is 5.75 Å². The second-order valence-corrected chi connectivity index (χ2v) is 6.24. The van der Waals surface area contributed by atoms with E-state index in [-0.39, 0.29) is 68.0 Å². The van der Waals surface area contributed by atoms with Crippen LogP contribution in [0.25, 0.3) is 0 Å². The molecule has 1 saturated heterocycles. The first-order valence-corrected chi connectivity index (χ1v) is 8.62. The summed E-state index contributed by atoms with van der Waals surface area (Å²) < 4.78 is 81.8. The number of benzene rings is 1. The van der Waals surface area contributed by atoms with Crippen molar-refractivity contribution in [2.75, 3.05) is 33.2 Å². The van der Waals surface area contributed by atoms with Crippen LogP contribution in [0.15, 0.2) is 23.2 Å². The van der Waals surface area contributed by atoms with Crippen LogP contribution < -0.4 is 10.1 Å². The van der Waals surface area contributed by atoms with Gasteiger partial charge in [-0.25, -0.2) is 4.39 Å². The van der Waals surface area contributed by atoms with Crippen LogP contribution >= 0.6 is 24.0 Å². The highest BCUT2D eigenvalue weighted by atomic mass is 127. The average Bonchev–Trinajstić information content (AvgIpc) is 2.62. The lowest BCUT2D eigenvalue weighted by atomic mass is 10.2. The maximum atomic E-state index is 14.0. The van der Waals surface area contributed by atoms with Gasteiger partial charge in [-0.15, -0.1) is 24.0 Å². The van der Waals surface area contributed by atoms with Gasteiger partial charge < -0.3 is 15.0 Å². The Morgan fingerprint density at radius 2 is 1.83 bits per heavy atom. The number of halogens is 7. The van der Waals surface area contributed by atoms with Gasteiger partial charge in [0, 0.05) is 45.3 Å². The van der Waals surface area contributed by atoms with Gasteiger partial charge >= 0.3 is 12.8 Å². The molecule has 1 unspecified atom stereocenters. The summed E-state index contributed by atoms with van der Waals surface area (Å²) in [7, 11) is 1.48. The fourth-order valence-corrected chi connectivity index (χ4v) is 2.94. The summed E-state index contributed by atoms with van der Waals surface area (Å²) in [6.45, 7) is -1.20. The van der Waals surface area contributed by atoms with E-state index in [9.17, 15) is 26.3 Å². The predicted octanol–water partition coefficient (Wildman–Crippen LogP) is 3.69. The molecule has 1 aliphatic heterocycles. The van der Waals surface area contributed by atoms with Crippen molar-refractivity contribution in [2.24, 2.45) is 4.99 Å². The van der Waals surface area contributed by atoms with E-state index >= 15 is 0 Å². The standard InChI is InChI=1S/C17H22F6N4O.HI/c1-11(17(21,22)23)26-6-8-27(9-7-26)16(24-2)25-10-12-13(18)4-3-5-14(12)28-15(19)20;/h3-5,11,15H,6-10H2,1-2H3,(H,24,25);1H. The zero-order valence-corrected chi connectivity index (χ0v) is 18.2. The maximum Gasteiger partial charge on any atom is 0.403 e. The van der Waals surface area contributed by atoms with Gasteiger partial charge in [-0.3, -0.25) is 9.89 Å². The molecule has 5 nitrogen and oxygen atoms in total. The number of hydrogen-bond donors (Lipinski definition) is 1. The van der Waals surface area contributed by atoms with Gasteiger partial charge in [0.05, 0.1) is 0 Å². The Labute approximate surface area is 182 Å². The molecule has 1 aliphatic rings. The first kappa shape index (κ1) is 25.6. The zero-order chi connectivity index (χ0) is 20.9. The molecule has 1 heterocycles. The molecule has 1 fully saturated rings. The Balaban J connectivity index is 0.00000420. The van der Waals surface area contributed by atoms with Crippen molar-refractivity contribution in [2.45, 2.75) is 32.3 Å². The van der Waals surface area contributed by atoms with E-state index < -0.39 is 24.6 Å². The van der Waals surface area contributed by atoms with Crippen LogP contribution in [0.3, 0.4) is 0 Å². The number of nitrogens with one attached hydrogen (secondary N) is 1. The highest BCUT2D eigenvalue weighted by Gasteiger charge is 2.41. The number of rotatable bonds is 5. The lowest BCUT2D eigenvalue weighted by molar-refractivity contribution is -0.181. The second-order valence-electron chi connectivity index (χ2n) is 6.24. The monoisotopic (exact) mass is 540 g/mol. The molecular weight excluding hydrogens is 517 g/mol. The van der Waals surface area contributed by atoms with Gasteiger partial charge in [-0.1, -0.05) is 6.07 Å². The number of ether oxygens (including phenoxy) is 1. The van der Waals surface area contributed by atoms with Gasteiger partial charge in [-0.2, -0.15) is 22.0 Å². The molecule has 12 heteroatoms. The molecule has 1 N–H and O–H groups in total. The summed E-state index contributed by atoms with van der Waals surface area (Å²) in [5.41, 5.74) is -0.0896. The number of aliphatic imine (C=N–C) groups is 1. The summed E-state index contributed by atoms with van der Waals surface area (Å²) >= 11 is 0. The Morgan fingerprint density at radius 3 is 2.34 bits per heavy atom. The smallest absolute Gasteiger partial charge is 0.403 e. The third-order valence-electron chi connectivity index (χ3n) is 4.56. The fraction of sp³-hybridized carbons (Fsp3) is 0.588. The van der Waals surface area contributed by atoms with E-state index in [1.165, 1.54) is 24.1 Å². The minimum atomic E-state index is -4.30. The van der Waals surface area contributed by atoms with Crippen LogP contribution in [0, 0.1) is 5.82 Å². The minimum Gasteiger partial charge on any atom is -0.434 e. The van der Waals surface area contributed by atoms with Crippen molar-refractivity contribution < 1.29 is 31.1 Å². The third-order valence-corrected chi connectivity index (χ3v) is 4.56. The molecular formula is C17H23F6IN4O. The molecule has 1 aromatic rings. The molecule has 0 spiro atoms. The lowest BCUT2D eigenvalue weighted by Gasteiger charge is -2.39. The summed E-state index contributed by atoms with van der Waals surface area (Å²) in [5, 5.41) is 2.85. The molecule has 29 heavy (non-hydrogen) atoms. The Kier molecular flexibility index (Phi) is 9.79. The van der Waals surface area contributed by atoms with E-state index in [0.29, 0.717) is 5.96 Å². The van der Waals surface area contributed by atoms with Crippen LogP contribution in [-0.4, -0.2) is 67.8 Å². The molecule has 2 rings (SSSR count). The number of nitrogens with zero attached hydrogens (tertiary/aromatic N) is 3. The molecule has 1 aromatic carbocycles. The van der Waals surface area contributed by atoms with E-state index in [1.54, 1.807) is 4.90 Å². The number of piperazine rings is 1. The lowest BCUT2D eigenvalue weighted by Crippen LogP contribution is -2.56. The van der Waals surface area contributed by atoms with E-state index in [4.69, 9.17) is 0 Å². The predicted molar refractivity (Wildman–Crippen MR) is 107 cm³/mol. The van der Waals surface area contributed by atoms with E-state index in [1.807, 2.05) is 0 Å². The Morgan fingerprint density at radius 1 is 1.21 bits per heavy atom. The minimum absolute atomic E-state index is 0. The van der Waals surface area contributed by atoms with Crippen LogP contribution in [0.4, 0.5) is 26.3 Å². The summed E-state index contributed by atoms with van der Waals surface area (Å²) in [6, 6.07) is 2.06. The van der Waals surface area contributed by atoms with Gasteiger partial charge in [0.2, 0.25) is 0 Å². The fourth-order valence-electron chi connectivity index (χ4n) is 2.94. The van der Waals surface area contributed by atoms with Crippen LogP contribution in [0.5, 0.6) is 5.75 Å². The molecule has 0 saturated carbocycles. The summed E-state index contributed by atoms with van der Waals surface area (Å²) in [6.07, 6.45) is -4.30. The molecule has 0 aliphatic carbocycles. The molecule has 0 aromatic heterocycles. The molecule has 0 amide bonds. The highest BCUT2D eigenvalue weighted by Crippen LogP contribution is 2.26. The number of alkyl halides is 5. The largest absolute Gasteiger partial charge is 0.434 e. The van der Waals surface area contributed by atoms with E-state index in [2.05, 4.69) is 15.0 Å². The first-order chi connectivity index (χ1) is 13.1. The third kappa shape index (κ3) is 7.08. The SMILES string of the molecule is CN=C(NCc1c(F)cccc1OC(F)F)N1CCN(C(C)C(F)(F)F)CC1.I. The molecule has 0 radical (unpaired) electrons. The van der Waals surface area contributed by atoms with Crippen molar-refractivity contribution >= 4 is 29.9 Å². The topological polar surface area (TPSA) is 40.1 Å². The van der Waals surface area contributed by atoms with Crippen LogP contribution in [0.2, 0.25) is 0 Å². The number of guanidine groups is 1. The summed E-state index contributed by atoms with van der Waals surface area (Å²) in [5.74, 6) is -0.669. The molecule has 1 atom stereocenters. The highest BCUT2D eigenvalue weighted by molar-refractivity contribution is 14.0. The zero-order valence-electron chi connectivity index (χ0n) is 15.8. The maximum absolute atomic E-state index is 14.0. The quantitative estimate of drug-likeness (QED) is 0.268. The summed E-state index contributed by atoms with van der Waals surface area (Å²) in [4.78, 5) is 7.10.